The van der Waals surface area contributed by atoms with Crippen molar-refractivity contribution in [2.45, 2.75) is 24.3 Å². The summed E-state index contributed by atoms with van der Waals surface area (Å²) in [7, 11) is 0. The van der Waals surface area contributed by atoms with Crippen LogP contribution in [-0.4, -0.2) is 40.5 Å². The lowest BCUT2D eigenvalue weighted by Gasteiger charge is -2.31. The minimum absolute atomic E-state index is 0.0104. The van der Waals surface area contributed by atoms with Gasteiger partial charge in [-0.3, -0.25) is 19.7 Å². The molecule has 1 saturated heterocycles. The number of furan rings is 1. The van der Waals surface area contributed by atoms with E-state index in [9.17, 15) is 19.7 Å². The van der Waals surface area contributed by atoms with Gasteiger partial charge in [0.1, 0.15) is 5.76 Å². The van der Waals surface area contributed by atoms with Crippen molar-refractivity contribution >= 4 is 29.3 Å². The molecule has 148 valence electrons. The zero-order valence-electron chi connectivity index (χ0n) is 15.2. The lowest BCUT2D eigenvalue weighted by Crippen LogP contribution is -2.43. The van der Waals surface area contributed by atoms with Crippen LogP contribution < -0.4 is 5.32 Å². The molecule has 1 fully saturated rings. The molecule has 2 aromatic rings. The summed E-state index contributed by atoms with van der Waals surface area (Å²) in [4.78, 5) is 37.4. The first-order chi connectivity index (χ1) is 13.5. The molecule has 28 heavy (non-hydrogen) atoms. The van der Waals surface area contributed by atoms with Gasteiger partial charge in [-0.25, -0.2) is 0 Å². The number of piperidine rings is 1. The van der Waals surface area contributed by atoms with Crippen molar-refractivity contribution < 1.29 is 18.9 Å². The van der Waals surface area contributed by atoms with Gasteiger partial charge in [0, 0.05) is 36.0 Å². The molecule has 0 atom stereocenters. The van der Waals surface area contributed by atoms with Gasteiger partial charge in [0.2, 0.25) is 11.8 Å². The normalized spacial score (nSPS) is 14.6. The van der Waals surface area contributed by atoms with Crippen molar-refractivity contribution in [3.05, 3.63) is 58.5 Å². The van der Waals surface area contributed by atoms with Crippen LogP contribution in [0.2, 0.25) is 0 Å². The van der Waals surface area contributed by atoms with Crippen LogP contribution in [0.5, 0.6) is 0 Å². The first-order valence-corrected chi connectivity index (χ1v) is 9.96. The highest BCUT2D eigenvalue weighted by Crippen LogP contribution is 2.23. The van der Waals surface area contributed by atoms with Gasteiger partial charge >= 0.3 is 0 Å². The fourth-order valence-electron chi connectivity index (χ4n) is 3.02. The molecule has 1 aliphatic rings. The molecule has 0 saturated carbocycles. The number of carbonyl (C=O) groups excluding carboxylic acids is 2. The van der Waals surface area contributed by atoms with Crippen molar-refractivity contribution in [3.8, 4) is 0 Å². The summed E-state index contributed by atoms with van der Waals surface area (Å²) >= 11 is 1.35. The first kappa shape index (κ1) is 19.9. The number of nitro benzene ring substituents is 1. The molecule has 0 bridgehead atoms. The van der Waals surface area contributed by atoms with Gasteiger partial charge in [0.25, 0.3) is 5.69 Å². The van der Waals surface area contributed by atoms with Crippen LogP contribution in [0, 0.1) is 16.0 Å². The molecule has 9 heteroatoms. The monoisotopic (exact) mass is 403 g/mol. The summed E-state index contributed by atoms with van der Waals surface area (Å²) in [5, 5.41) is 13.5. The standard InChI is InChI=1S/C19H21N3O5S/c23-18(13-28-17-5-3-15(4-6-17)22(25)26)21-9-7-14(8-10-21)19(24)20-12-16-2-1-11-27-16/h1-6,11,14H,7-10,12-13H2,(H,20,24). The number of carbonyl (C=O) groups is 2. The lowest BCUT2D eigenvalue weighted by molar-refractivity contribution is -0.384. The molecule has 0 spiro atoms. The van der Waals surface area contributed by atoms with E-state index in [0.29, 0.717) is 38.2 Å². The third-order valence-corrected chi connectivity index (χ3v) is 5.64. The largest absolute Gasteiger partial charge is 0.467 e. The molecule has 1 aliphatic heterocycles. The van der Waals surface area contributed by atoms with Crippen LogP contribution in [0.4, 0.5) is 5.69 Å². The van der Waals surface area contributed by atoms with Gasteiger partial charge in [0.15, 0.2) is 0 Å². The van der Waals surface area contributed by atoms with E-state index < -0.39 is 4.92 Å². The summed E-state index contributed by atoms with van der Waals surface area (Å²) in [5.74, 6) is 0.889. The molecule has 0 radical (unpaired) electrons. The van der Waals surface area contributed by atoms with Gasteiger partial charge in [-0.1, -0.05) is 0 Å². The second-order valence-electron chi connectivity index (χ2n) is 6.49. The number of nitrogens with one attached hydrogen (secondary N) is 1. The molecule has 1 N–H and O–H groups in total. The molecule has 0 unspecified atom stereocenters. The third kappa shape index (κ3) is 5.35. The molecule has 2 amide bonds. The van der Waals surface area contributed by atoms with Crippen LogP contribution in [0.3, 0.4) is 0 Å². The minimum Gasteiger partial charge on any atom is -0.467 e. The second-order valence-corrected chi connectivity index (χ2v) is 7.54. The Hall–Kier alpha value is -2.81. The topological polar surface area (TPSA) is 106 Å². The maximum absolute atomic E-state index is 12.4. The van der Waals surface area contributed by atoms with Crippen LogP contribution in [0.15, 0.2) is 52.0 Å². The number of thioether (sulfide) groups is 1. The van der Waals surface area contributed by atoms with E-state index in [-0.39, 0.29) is 29.2 Å². The number of likely N-dealkylation sites (tertiary alicyclic amines) is 1. The molecular weight excluding hydrogens is 382 g/mol. The number of hydrogen-bond donors (Lipinski definition) is 1. The number of benzene rings is 1. The molecular formula is C19H21N3O5S. The number of nitrogens with zero attached hydrogens (tertiary/aromatic N) is 2. The SMILES string of the molecule is O=C(NCc1ccco1)C1CCN(C(=O)CSc2ccc([N+](=O)[O-])cc2)CC1. The van der Waals surface area contributed by atoms with E-state index in [4.69, 9.17) is 4.42 Å². The summed E-state index contributed by atoms with van der Waals surface area (Å²) in [5.41, 5.74) is 0.0306. The summed E-state index contributed by atoms with van der Waals surface area (Å²) in [6.45, 7) is 1.48. The highest BCUT2D eigenvalue weighted by atomic mass is 32.2. The lowest BCUT2D eigenvalue weighted by atomic mass is 9.96. The average molecular weight is 403 g/mol. The van der Waals surface area contributed by atoms with Crippen LogP contribution >= 0.6 is 11.8 Å². The summed E-state index contributed by atoms with van der Waals surface area (Å²) in [6, 6.07) is 9.74. The van der Waals surface area contributed by atoms with Crippen molar-refractivity contribution in [1.29, 1.82) is 0 Å². The van der Waals surface area contributed by atoms with E-state index in [1.165, 1.54) is 23.9 Å². The quantitative estimate of drug-likeness (QED) is 0.433. The Morgan fingerprint density at radius 3 is 2.54 bits per heavy atom. The first-order valence-electron chi connectivity index (χ1n) is 8.98. The Labute approximate surface area is 166 Å². The van der Waals surface area contributed by atoms with Crippen molar-refractivity contribution in [1.82, 2.24) is 10.2 Å². The number of nitro groups is 1. The predicted molar refractivity (Wildman–Crippen MR) is 104 cm³/mol. The molecule has 3 rings (SSSR count). The van der Waals surface area contributed by atoms with E-state index in [1.54, 1.807) is 29.4 Å². The smallest absolute Gasteiger partial charge is 0.269 e. The van der Waals surface area contributed by atoms with Crippen molar-refractivity contribution in [2.75, 3.05) is 18.8 Å². The van der Waals surface area contributed by atoms with Gasteiger partial charge in [-0.2, -0.15) is 0 Å². The molecule has 2 heterocycles. The van der Waals surface area contributed by atoms with Crippen molar-refractivity contribution in [2.24, 2.45) is 5.92 Å². The third-order valence-electron chi connectivity index (χ3n) is 4.65. The number of hydrogen-bond acceptors (Lipinski definition) is 6. The predicted octanol–water partition coefficient (Wildman–Crippen LogP) is 2.83. The molecule has 1 aromatic carbocycles. The van der Waals surface area contributed by atoms with Gasteiger partial charge in [-0.15, -0.1) is 11.8 Å². The second kappa shape index (κ2) is 9.41. The van der Waals surface area contributed by atoms with Gasteiger partial charge in [-0.05, 0) is 37.1 Å². The highest BCUT2D eigenvalue weighted by molar-refractivity contribution is 8.00. The highest BCUT2D eigenvalue weighted by Gasteiger charge is 2.27. The number of rotatable bonds is 7. The number of non-ortho nitro benzene ring substituents is 1. The molecule has 1 aromatic heterocycles. The van der Waals surface area contributed by atoms with E-state index in [2.05, 4.69) is 5.32 Å². The Balaban J connectivity index is 1.39. The fourth-order valence-corrected chi connectivity index (χ4v) is 3.82. The van der Waals surface area contributed by atoms with Crippen LogP contribution in [0.1, 0.15) is 18.6 Å². The van der Waals surface area contributed by atoms with Crippen LogP contribution in [0.25, 0.3) is 0 Å². The zero-order chi connectivity index (χ0) is 19.9. The number of amides is 2. The Morgan fingerprint density at radius 1 is 1.21 bits per heavy atom. The summed E-state index contributed by atoms with van der Waals surface area (Å²) in [6.07, 6.45) is 2.84. The maximum Gasteiger partial charge on any atom is 0.269 e. The van der Waals surface area contributed by atoms with E-state index in [1.807, 2.05) is 6.07 Å². The fraction of sp³-hybridized carbons (Fsp3) is 0.368. The van der Waals surface area contributed by atoms with E-state index in [0.717, 1.165) is 4.90 Å². The summed E-state index contributed by atoms with van der Waals surface area (Å²) < 4.78 is 5.20. The van der Waals surface area contributed by atoms with Gasteiger partial charge < -0.3 is 14.6 Å². The average Bonchev–Trinajstić information content (AvgIpc) is 3.24. The zero-order valence-corrected chi connectivity index (χ0v) is 16.0. The van der Waals surface area contributed by atoms with Crippen molar-refractivity contribution in [3.63, 3.8) is 0 Å². The van der Waals surface area contributed by atoms with Crippen LogP contribution in [-0.2, 0) is 16.1 Å². The Morgan fingerprint density at radius 2 is 1.93 bits per heavy atom. The molecule has 8 nitrogen and oxygen atoms in total. The minimum atomic E-state index is -0.450. The Kier molecular flexibility index (Phi) is 6.70. The van der Waals surface area contributed by atoms with E-state index >= 15 is 0 Å². The van der Waals surface area contributed by atoms with Gasteiger partial charge in [0.05, 0.1) is 23.5 Å². The Bertz CT molecular complexity index is 815. The maximum atomic E-state index is 12.4. The molecule has 0 aliphatic carbocycles.